The third kappa shape index (κ3) is 3.28. The summed E-state index contributed by atoms with van der Waals surface area (Å²) in [6.45, 7) is 0.482. The number of carbonyl (C=O) groups is 1. The average Bonchev–Trinajstić information content (AvgIpc) is 3.29. The summed E-state index contributed by atoms with van der Waals surface area (Å²) < 4.78 is 7.21. The predicted octanol–water partition coefficient (Wildman–Crippen LogP) is 2.96. The van der Waals surface area contributed by atoms with Gasteiger partial charge in [-0.2, -0.15) is 0 Å². The Bertz CT molecular complexity index is 971. The lowest BCUT2D eigenvalue weighted by Crippen LogP contribution is -2.26. The Hall–Kier alpha value is -3.41. The summed E-state index contributed by atoms with van der Waals surface area (Å²) in [6, 6.07) is 17.1. The molecular formula is C19H16N4O2. The summed E-state index contributed by atoms with van der Waals surface area (Å²) in [5.41, 5.74) is 2.98. The summed E-state index contributed by atoms with van der Waals surface area (Å²) in [6.07, 6.45) is 4.56. The molecular weight excluding hydrogens is 316 g/mol. The molecule has 0 radical (unpaired) electrons. The number of benzene rings is 1. The van der Waals surface area contributed by atoms with Crippen LogP contribution < -0.4 is 5.32 Å². The fraction of sp³-hybridized carbons (Fsp3) is 0.105. The molecule has 0 aliphatic rings. The van der Waals surface area contributed by atoms with Crippen LogP contribution in [0.25, 0.3) is 17.0 Å². The molecule has 0 aliphatic carbocycles. The SMILES string of the molecule is O=C(NCCc1cn2ccccc2n1)c1cc(-c2ccccc2)on1. The number of amides is 1. The summed E-state index contributed by atoms with van der Waals surface area (Å²) in [4.78, 5) is 16.7. The number of imidazole rings is 1. The second kappa shape index (κ2) is 6.60. The number of pyridine rings is 1. The zero-order valence-electron chi connectivity index (χ0n) is 13.4. The molecule has 1 N–H and O–H groups in total. The molecule has 0 bridgehead atoms. The van der Waals surface area contributed by atoms with Gasteiger partial charge in [-0.05, 0) is 12.1 Å². The van der Waals surface area contributed by atoms with E-state index in [2.05, 4.69) is 15.5 Å². The first-order valence-electron chi connectivity index (χ1n) is 8.02. The van der Waals surface area contributed by atoms with E-state index >= 15 is 0 Å². The Morgan fingerprint density at radius 1 is 1.12 bits per heavy atom. The molecule has 25 heavy (non-hydrogen) atoms. The largest absolute Gasteiger partial charge is 0.355 e. The van der Waals surface area contributed by atoms with Crippen molar-refractivity contribution in [2.45, 2.75) is 6.42 Å². The average molecular weight is 332 g/mol. The van der Waals surface area contributed by atoms with Gasteiger partial charge in [0.05, 0.1) is 5.69 Å². The molecule has 3 heterocycles. The quantitative estimate of drug-likeness (QED) is 0.610. The summed E-state index contributed by atoms with van der Waals surface area (Å²) in [5, 5.41) is 6.69. The van der Waals surface area contributed by atoms with E-state index in [1.165, 1.54) is 0 Å². The van der Waals surface area contributed by atoms with Crippen LogP contribution >= 0.6 is 0 Å². The summed E-state index contributed by atoms with van der Waals surface area (Å²) in [7, 11) is 0. The van der Waals surface area contributed by atoms with Crippen molar-refractivity contribution in [1.82, 2.24) is 19.9 Å². The molecule has 4 aromatic rings. The highest BCUT2D eigenvalue weighted by Crippen LogP contribution is 2.19. The lowest BCUT2D eigenvalue weighted by molar-refractivity contribution is 0.0945. The van der Waals surface area contributed by atoms with Gasteiger partial charge in [-0.15, -0.1) is 0 Å². The Kier molecular flexibility index (Phi) is 4.00. The Balaban J connectivity index is 1.37. The highest BCUT2D eigenvalue weighted by Gasteiger charge is 2.13. The number of carbonyl (C=O) groups excluding carboxylic acids is 1. The molecule has 0 saturated heterocycles. The minimum atomic E-state index is -0.255. The van der Waals surface area contributed by atoms with Crippen LogP contribution in [0.1, 0.15) is 16.2 Å². The van der Waals surface area contributed by atoms with Gasteiger partial charge in [0.25, 0.3) is 5.91 Å². The number of nitrogens with zero attached hydrogens (tertiary/aromatic N) is 3. The van der Waals surface area contributed by atoms with Crippen molar-refractivity contribution in [3.8, 4) is 11.3 Å². The number of hydrogen-bond acceptors (Lipinski definition) is 4. The van der Waals surface area contributed by atoms with Crippen molar-refractivity contribution in [2.24, 2.45) is 0 Å². The van der Waals surface area contributed by atoms with Crippen LogP contribution in [0, 0.1) is 0 Å². The highest BCUT2D eigenvalue weighted by molar-refractivity contribution is 5.93. The van der Waals surface area contributed by atoms with Gasteiger partial charge in [0, 0.05) is 37.0 Å². The first kappa shape index (κ1) is 15.1. The van der Waals surface area contributed by atoms with Crippen LogP contribution in [0.15, 0.2) is 71.5 Å². The van der Waals surface area contributed by atoms with Crippen molar-refractivity contribution in [2.75, 3.05) is 6.54 Å². The highest BCUT2D eigenvalue weighted by atomic mass is 16.5. The minimum Gasteiger partial charge on any atom is -0.355 e. The van der Waals surface area contributed by atoms with Crippen LogP contribution in [-0.4, -0.2) is 27.0 Å². The zero-order valence-corrected chi connectivity index (χ0v) is 13.4. The van der Waals surface area contributed by atoms with Crippen molar-refractivity contribution >= 4 is 11.6 Å². The van der Waals surface area contributed by atoms with Gasteiger partial charge >= 0.3 is 0 Å². The second-order valence-corrected chi connectivity index (χ2v) is 5.65. The summed E-state index contributed by atoms with van der Waals surface area (Å²) in [5.74, 6) is 0.320. The van der Waals surface area contributed by atoms with E-state index in [0.717, 1.165) is 16.9 Å². The number of fused-ring (bicyclic) bond motifs is 1. The molecule has 124 valence electrons. The monoisotopic (exact) mass is 332 g/mol. The maximum absolute atomic E-state index is 12.2. The van der Waals surface area contributed by atoms with Gasteiger partial charge in [0.2, 0.25) is 0 Å². The Morgan fingerprint density at radius 2 is 1.96 bits per heavy atom. The van der Waals surface area contributed by atoms with E-state index in [1.807, 2.05) is 65.3 Å². The topological polar surface area (TPSA) is 72.4 Å². The predicted molar refractivity (Wildman–Crippen MR) is 93.2 cm³/mol. The molecule has 0 saturated carbocycles. The van der Waals surface area contributed by atoms with Crippen LogP contribution in [0.2, 0.25) is 0 Å². The maximum atomic E-state index is 12.2. The Labute approximate surface area is 144 Å². The first-order chi connectivity index (χ1) is 12.3. The van der Waals surface area contributed by atoms with E-state index < -0.39 is 0 Å². The molecule has 1 amide bonds. The molecule has 1 aromatic carbocycles. The van der Waals surface area contributed by atoms with Gasteiger partial charge in [-0.25, -0.2) is 4.98 Å². The van der Waals surface area contributed by atoms with E-state index in [9.17, 15) is 4.79 Å². The normalized spacial score (nSPS) is 10.9. The molecule has 0 aliphatic heterocycles. The van der Waals surface area contributed by atoms with Crippen molar-refractivity contribution in [1.29, 1.82) is 0 Å². The smallest absolute Gasteiger partial charge is 0.273 e. The Morgan fingerprint density at radius 3 is 2.80 bits per heavy atom. The minimum absolute atomic E-state index is 0.255. The number of aromatic nitrogens is 3. The van der Waals surface area contributed by atoms with Crippen LogP contribution in [0.5, 0.6) is 0 Å². The lowest BCUT2D eigenvalue weighted by Gasteiger charge is -2.00. The second-order valence-electron chi connectivity index (χ2n) is 5.65. The van der Waals surface area contributed by atoms with Gasteiger partial charge in [0.1, 0.15) is 5.65 Å². The molecule has 0 atom stereocenters. The van der Waals surface area contributed by atoms with Crippen molar-refractivity contribution < 1.29 is 9.32 Å². The molecule has 0 unspecified atom stereocenters. The summed E-state index contributed by atoms with van der Waals surface area (Å²) >= 11 is 0. The number of nitrogens with one attached hydrogen (secondary N) is 1. The number of hydrogen-bond donors (Lipinski definition) is 1. The molecule has 3 aromatic heterocycles. The fourth-order valence-electron chi connectivity index (χ4n) is 2.62. The standard InChI is InChI=1S/C19H16N4O2/c24-19(16-12-17(25-22-16)14-6-2-1-3-7-14)20-10-9-15-13-23-11-5-4-8-18(23)21-15/h1-8,11-13H,9-10H2,(H,20,24). The molecule has 0 spiro atoms. The van der Waals surface area contributed by atoms with Crippen molar-refractivity contribution in [3.05, 3.63) is 78.4 Å². The van der Waals surface area contributed by atoms with Gasteiger partial charge in [-0.3, -0.25) is 4.79 Å². The zero-order chi connectivity index (χ0) is 17.1. The van der Waals surface area contributed by atoms with E-state index in [4.69, 9.17) is 4.52 Å². The maximum Gasteiger partial charge on any atom is 0.273 e. The van der Waals surface area contributed by atoms with E-state index in [-0.39, 0.29) is 11.6 Å². The van der Waals surface area contributed by atoms with Crippen LogP contribution in [0.3, 0.4) is 0 Å². The fourth-order valence-corrected chi connectivity index (χ4v) is 2.62. The number of rotatable bonds is 5. The molecule has 6 heteroatoms. The molecule has 0 fully saturated rings. The third-order valence-corrected chi connectivity index (χ3v) is 3.88. The van der Waals surface area contributed by atoms with Gasteiger partial charge < -0.3 is 14.2 Å². The van der Waals surface area contributed by atoms with Crippen LogP contribution in [0.4, 0.5) is 0 Å². The van der Waals surface area contributed by atoms with Crippen LogP contribution in [-0.2, 0) is 6.42 Å². The van der Waals surface area contributed by atoms with Crippen molar-refractivity contribution in [3.63, 3.8) is 0 Å². The van der Waals surface area contributed by atoms with Gasteiger partial charge in [0.15, 0.2) is 11.5 Å². The first-order valence-corrected chi connectivity index (χ1v) is 8.02. The van der Waals surface area contributed by atoms with E-state index in [1.54, 1.807) is 6.07 Å². The third-order valence-electron chi connectivity index (χ3n) is 3.88. The van der Waals surface area contributed by atoms with E-state index in [0.29, 0.717) is 18.7 Å². The lowest BCUT2D eigenvalue weighted by atomic mass is 10.1. The molecule has 6 nitrogen and oxygen atoms in total. The molecule has 4 rings (SSSR count). The van der Waals surface area contributed by atoms with Gasteiger partial charge in [-0.1, -0.05) is 41.6 Å².